The molecule has 3 heteroatoms. The third kappa shape index (κ3) is 2.61. The fourth-order valence-electron chi connectivity index (χ4n) is 1.95. The molecular weight excluding hydrogens is 302 g/mol. The Bertz CT molecular complexity index is 740. The van der Waals surface area contributed by atoms with Crippen LogP contribution in [-0.4, -0.2) is 4.98 Å². The molecule has 0 N–H and O–H groups in total. The van der Waals surface area contributed by atoms with Crippen LogP contribution in [0.15, 0.2) is 59.2 Å². The first-order valence-electron chi connectivity index (χ1n) is 6.01. The van der Waals surface area contributed by atoms with Crippen LogP contribution in [0.5, 0.6) is 11.6 Å². The van der Waals surface area contributed by atoms with Gasteiger partial charge < -0.3 is 4.74 Å². The van der Waals surface area contributed by atoms with Gasteiger partial charge in [0.2, 0.25) is 5.88 Å². The molecule has 0 saturated carbocycles. The molecule has 0 aliphatic carbocycles. The lowest BCUT2D eigenvalue weighted by Crippen LogP contribution is -1.90. The highest BCUT2D eigenvalue weighted by Crippen LogP contribution is 2.27. The zero-order valence-electron chi connectivity index (χ0n) is 10.4. The van der Waals surface area contributed by atoms with Crippen LogP contribution in [0.2, 0.25) is 0 Å². The van der Waals surface area contributed by atoms with Crippen LogP contribution in [-0.2, 0) is 0 Å². The van der Waals surface area contributed by atoms with Crippen LogP contribution >= 0.6 is 15.9 Å². The van der Waals surface area contributed by atoms with E-state index in [0.717, 1.165) is 21.2 Å². The van der Waals surface area contributed by atoms with E-state index in [4.69, 9.17) is 4.74 Å². The molecule has 0 aliphatic heterocycles. The van der Waals surface area contributed by atoms with E-state index in [1.165, 1.54) is 5.39 Å². The fourth-order valence-corrected chi connectivity index (χ4v) is 2.33. The molecule has 19 heavy (non-hydrogen) atoms. The summed E-state index contributed by atoms with van der Waals surface area (Å²) in [5, 5.41) is 2.33. The fraction of sp³-hybridized carbons (Fsp3) is 0.0625. The van der Waals surface area contributed by atoms with Crippen LogP contribution < -0.4 is 4.74 Å². The molecule has 0 aliphatic rings. The summed E-state index contributed by atoms with van der Waals surface area (Å²) in [6.07, 6.45) is 1.74. The second-order valence-electron chi connectivity index (χ2n) is 4.38. The molecule has 0 amide bonds. The summed E-state index contributed by atoms with van der Waals surface area (Å²) in [4.78, 5) is 4.24. The zero-order valence-corrected chi connectivity index (χ0v) is 12.0. The molecule has 3 rings (SSSR count). The molecule has 0 bridgehead atoms. The van der Waals surface area contributed by atoms with Crippen molar-refractivity contribution in [1.82, 2.24) is 4.98 Å². The predicted molar refractivity (Wildman–Crippen MR) is 80.7 cm³/mol. The first-order valence-corrected chi connectivity index (χ1v) is 6.80. The lowest BCUT2D eigenvalue weighted by molar-refractivity contribution is 0.459. The van der Waals surface area contributed by atoms with E-state index in [1.807, 2.05) is 43.3 Å². The molecule has 3 aromatic rings. The van der Waals surface area contributed by atoms with Gasteiger partial charge in [-0.15, -0.1) is 0 Å². The highest BCUT2D eigenvalue weighted by molar-refractivity contribution is 9.10. The standard InChI is InChI=1S/C16H12BrNO/c1-11-3-2-8-18-16(11)19-15-7-5-12-9-14(17)6-4-13(12)10-15/h2-10H,1H3. The van der Waals surface area contributed by atoms with Gasteiger partial charge in [0.05, 0.1) is 0 Å². The molecule has 0 fully saturated rings. The Morgan fingerprint density at radius 1 is 1.00 bits per heavy atom. The van der Waals surface area contributed by atoms with Gasteiger partial charge in [-0.3, -0.25) is 0 Å². The van der Waals surface area contributed by atoms with Crippen LogP contribution in [0.4, 0.5) is 0 Å². The molecule has 1 heterocycles. The number of benzene rings is 2. The van der Waals surface area contributed by atoms with Crippen LogP contribution in [0, 0.1) is 6.92 Å². The Balaban J connectivity index is 1.98. The minimum Gasteiger partial charge on any atom is -0.439 e. The molecule has 0 radical (unpaired) electrons. The van der Waals surface area contributed by atoms with Crippen molar-refractivity contribution in [3.63, 3.8) is 0 Å². The Morgan fingerprint density at radius 3 is 2.63 bits per heavy atom. The Kier molecular flexibility index (Phi) is 3.22. The average molecular weight is 314 g/mol. The van der Waals surface area contributed by atoms with Gasteiger partial charge in [-0.25, -0.2) is 4.98 Å². The summed E-state index contributed by atoms with van der Waals surface area (Å²) < 4.78 is 6.90. The molecule has 0 atom stereocenters. The van der Waals surface area contributed by atoms with Crippen molar-refractivity contribution in [2.45, 2.75) is 6.92 Å². The maximum atomic E-state index is 5.82. The third-order valence-electron chi connectivity index (χ3n) is 2.95. The number of pyridine rings is 1. The normalized spacial score (nSPS) is 10.6. The largest absolute Gasteiger partial charge is 0.439 e. The molecule has 0 spiro atoms. The molecular formula is C16H12BrNO. The van der Waals surface area contributed by atoms with Gasteiger partial charge in [-0.1, -0.05) is 34.1 Å². The number of aromatic nitrogens is 1. The van der Waals surface area contributed by atoms with Crippen molar-refractivity contribution < 1.29 is 4.74 Å². The average Bonchev–Trinajstić information content (AvgIpc) is 2.41. The maximum absolute atomic E-state index is 5.82. The predicted octanol–water partition coefficient (Wildman–Crippen LogP) is 5.10. The van der Waals surface area contributed by atoms with Crippen molar-refractivity contribution >= 4 is 26.7 Å². The second-order valence-corrected chi connectivity index (χ2v) is 5.30. The number of fused-ring (bicyclic) bond motifs is 1. The van der Waals surface area contributed by atoms with Crippen molar-refractivity contribution in [2.75, 3.05) is 0 Å². The van der Waals surface area contributed by atoms with Gasteiger partial charge in [0.25, 0.3) is 0 Å². The van der Waals surface area contributed by atoms with Crippen molar-refractivity contribution in [3.05, 3.63) is 64.8 Å². The van der Waals surface area contributed by atoms with E-state index in [-0.39, 0.29) is 0 Å². The minimum atomic E-state index is 0.652. The van der Waals surface area contributed by atoms with Crippen LogP contribution in [0.1, 0.15) is 5.56 Å². The van der Waals surface area contributed by atoms with Gasteiger partial charge in [0, 0.05) is 16.2 Å². The van der Waals surface area contributed by atoms with E-state index in [1.54, 1.807) is 6.20 Å². The molecule has 0 saturated heterocycles. The topological polar surface area (TPSA) is 22.1 Å². The molecule has 2 nitrogen and oxygen atoms in total. The number of aryl methyl sites for hydroxylation is 1. The quantitative estimate of drug-likeness (QED) is 0.656. The van der Waals surface area contributed by atoms with Gasteiger partial charge in [0.15, 0.2) is 0 Å². The highest BCUT2D eigenvalue weighted by atomic mass is 79.9. The van der Waals surface area contributed by atoms with Crippen molar-refractivity contribution in [1.29, 1.82) is 0 Å². The summed E-state index contributed by atoms with van der Waals surface area (Å²) >= 11 is 3.47. The number of hydrogen-bond acceptors (Lipinski definition) is 2. The summed E-state index contributed by atoms with van der Waals surface area (Å²) in [5.74, 6) is 1.45. The first-order chi connectivity index (χ1) is 9.22. The van der Waals surface area contributed by atoms with Gasteiger partial charge in [-0.2, -0.15) is 0 Å². The lowest BCUT2D eigenvalue weighted by Gasteiger charge is -2.08. The van der Waals surface area contributed by atoms with E-state index in [2.05, 4.69) is 33.0 Å². The lowest BCUT2D eigenvalue weighted by atomic mass is 10.1. The first kappa shape index (κ1) is 12.2. The Labute approximate surface area is 120 Å². The number of halogens is 1. The monoisotopic (exact) mass is 313 g/mol. The number of rotatable bonds is 2. The van der Waals surface area contributed by atoms with E-state index in [0.29, 0.717) is 5.88 Å². The number of nitrogens with zero attached hydrogens (tertiary/aromatic N) is 1. The molecule has 94 valence electrons. The Morgan fingerprint density at radius 2 is 1.79 bits per heavy atom. The number of hydrogen-bond donors (Lipinski definition) is 0. The van der Waals surface area contributed by atoms with Crippen LogP contribution in [0.25, 0.3) is 10.8 Å². The van der Waals surface area contributed by atoms with Crippen molar-refractivity contribution in [2.24, 2.45) is 0 Å². The zero-order chi connectivity index (χ0) is 13.2. The minimum absolute atomic E-state index is 0.652. The van der Waals surface area contributed by atoms with E-state index >= 15 is 0 Å². The molecule has 2 aromatic carbocycles. The van der Waals surface area contributed by atoms with Gasteiger partial charge >= 0.3 is 0 Å². The number of ether oxygens (including phenoxy) is 1. The third-order valence-corrected chi connectivity index (χ3v) is 3.44. The second kappa shape index (κ2) is 5.02. The van der Waals surface area contributed by atoms with Crippen molar-refractivity contribution in [3.8, 4) is 11.6 Å². The van der Waals surface area contributed by atoms with E-state index in [9.17, 15) is 0 Å². The van der Waals surface area contributed by atoms with Gasteiger partial charge in [-0.05, 0) is 48.0 Å². The molecule has 1 aromatic heterocycles. The summed E-state index contributed by atoms with van der Waals surface area (Å²) in [5.41, 5.74) is 1.03. The molecule has 0 unspecified atom stereocenters. The van der Waals surface area contributed by atoms with Crippen LogP contribution in [0.3, 0.4) is 0 Å². The SMILES string of the molecule is Cc1cccnc1Oc1ccc2cc(Br)ccc2c1. The smallest absolute Gasteiger partial charge is 0.222 e. The summed E-state index contributed by atoms with van der Waals surface area (Å²) in [6, 6.07) is 16.1. The van der Waals surface area contributed by atoms with Gasteiger partial charge in [0.1, 0.15) is 5.75 Å². The summed E-state index contributed by atoms with van der Waals surface area (Å²) in [7, 11) is 0. The highest BCUT2D eigenvalue weighted by Gasteiger charge is 2.03. The van der Waals surface area contributed by atoms with E-state index < -0.39 is 0 Å². The maximum Gasteiger partial charge on any atom is 0.222 e. The summed E-state index contributed by atoms with van der Waals surface area (Å²) in [6.45, 7) is 1.99. The Hall–Kier alpha value is -1.87.